The first-order valence-electron chi connectivity index (χ1n) is 4.24. The Balaban J connectivity index is 2.21. The summed E-state index contributed by atoms with van der Waals surface area (Å²) in [4.78, 5) is 0. The minimum Gasteiger partial charge on any atom is -0.394 e. The summed E-state index contributed by atoms with van der Waals surface area (Å²) >= 11 is 0. The molecule has 0 bridgehead atoms. The van der Waals surface area contributed by atoms with E-state index in [0.29, 0.717) is 0 Å². The second kappa shape index (κ2) is 4.29. The van der Waals surface area contributed by atoms with Gasteiger partial charge in [-0.25, -0.2) is 4.68 Å². The van der Waals surface area contributed by atoms with Crippen LogP contribution in [0, 0.1) is 0 Å². The molecule has 13 heavy (non-hydrogen) atoms. The summed E-state index contributed by atoms with van der Waals surface area (Å²) in [5.41, 5.74) is 5.25. The fraction of sp³-hybridized carbons (Fsp3) is 0.857. The molecular formula is C7H15N5O. The summed E-state index contributed by atoms with van der Waals surface area (Å²) in [6.45, 7) is 2.56. The van der Waals surface area contributed by atoms with E-state index in [2.05, 4.69) is 15.5 Å². The highest BCUT2D eigenvalue weighted by molar-refractivity contribution is 4.76. The van der Waals surface area contributed by atoms with Crippen LogP contribution in [-0.2, 0) is 6.54 Å². The molecule has 1 heterocycles. The summed E-state index contributed by atoms with van der Waals surface area (Å²) in [7, 11) is 0. The first kappa shape index (κ1) is 10.1. The van der Waals surface area contributed by atoms with E-state index in [1.807, 2.05) is 6.92 Å². The second-order valence-corrected chi connectivity index (χ2v) is 3.49. The van der Waals surface area contributed by atoms with E-state index < -0.39 is 5.54 Å². The SMILES string of the molecule is CC(N)(CO)CCCn1cnnn1. The van der Waals surface area contributed by atoms with Crippen molar-refractivity contribution < 1.29 is 5.11 Å². The molecule has 1 rings (SSSR count). The maximum absolute atomic E-state index is 8.88. The van der Waals surface area contributed by atoms with Crippen molar-refractivity contribution in [3.05, 3.63) is 6.33 Å². The predicted molar refractivity (Wildman–Crippen MR) is 46.7 cm³/mol. The Bertz CT molecular complexity index is 233. The van der Waals surface area contributed by atoms with Crippen molar-refractivity contribution >= 4 is 0 Å². The van der Waals surface area contributed by atoms with E-state index in [1.54, 1.807) is 11.0 Å². The van der Waals surface area contributed by atoms with Crippen molar-refractivity contribution in [3.63, 3.8) is 0 Å². The van der Waals surface area contributed by atoms with Gasteiger partial charge < -0.3 is 10.8 Å². The summed E-state index contributed by atoms with van der Waals surface area (Å²) in [6, 6.07) is 0. The number of nitrogens with zero attached hydrogens (tertiary/aromatic N) is 4. The molecular weight excluding hydrogens is 170 g/mol. The lowest BCUT2D eigenvalue weighted by atomic mass is 9.99. The van der Waals surface area contributed by atoms with Gasteiger partial charge in [0.25, 0.3) is 0 Å². The van der Waals surface area contributed by atoms with Gasteiger partial charge in [0, 0.05) is 12.1 Å². The van der Waals surface area contributed by atoms with Gasteiger partial charge >= 0.3 is 0 Å². The lowest BCUT2D eigenvalue weighted by molar-refractivity contribution is 0.196. The van der Waals surface area contributed by atoms with Crippen LogP contribution in [0.5, 0.6) is 0 Å². The zero-order valence-corrected chi connectivity index (χ0v) is 7.72. The Morgan fingerprint density at radius 3 is 2.92 bits per heavy atom. The summed E-state index contributed by atoms with van der Waals surface area (Å²) < 4.78 is 1.65. The van der Waals surface area contributed by atoms with Crippen molar-refractivity contribution in [3.8, 4) is 0 Å². The lowest BCUT2D eigenvalue weighted by Crippen LogP contribution is -2.40. The molecule has 0 spiro atoms. The number of aromatic nitrogens is 4. The summed E-state index contributed by atoms with van der Waals surface area (Å²) in [6.07, 6.45) is 3.18. The van der Waals surface area contributed by atoms with Gasteiger partial charge in [-0.05, 0) is 30.2 Å². The van der Waals surface area contributed by atoms with Crippen molar-refractivity contribution in [1.29, 1.82) is 0 Å². The Morgan fingerprint density at radius 1 is 1.62 bits per heavy atom. The Labute approximate surface area is 76.7 Å². The van der Waals surface area contributed by atoms with Crippen LogP contribution >= 0.6 is 0 Å². The van der Waals surface area contributed by atoms with Gasteiger partial charge in [-0.3, -0.25) is 0 Å². The van der Waals surface area contributed by atoms with Gasteiger partial charge in [-0.1, -0.05) is 0 Å². The Kier molecular flexibility index (Phi) is 3.32. The molecule has 0 saturated carbocycles. The molecule has 74 valence electrons. The number of nitrogens with two attached hydrogens (primary N) is 1. The molecule has 1 unspecified atom stereocenters. The van der Waals surface area contributed by atoms with Crippen LogP contribution in [0.4, 0.5) is 0 Å². The third kappa shape index (κ3) is 3.47. The topological polar surface area (TPSA) is 89.8 Å². The Hall–Kier alpha value is -1.01. The molecule has 1 atom stereocenters. The van der Waals surface area contributed by atoms with E-state index in [4.69, 9.17) is 10.8 Å². The van der Waals surface area contributed by atoms with Gasteiger partial charge in [0.15, 0.2) is 0 Å². The molecule has 0 fully saturated rings. The van der Waals surface area contributed by atoms with Crippen LogP contribution in [0.2, 0.25) is 0 Å². The van der Waals surface area contributed by atoms with E-state index in [1.165, 1.54) is 0 Å². The number of hydrogen-bond acceptors (Lipinski definition) is 5. The maximum atomic E-state index is 8.88. The van der Waals surface area contributed by atoms with Gasteiger partial charge in [0.05, 0.1) is 6.61 Å². The van der Waals surface area contributed by atoms with Crippen molar-refractivity contribution in [2.75, 3.05) is 6.61 Å². The highest BCUT2D eigenvalue weighted by atomic mass is 16.3. The van der Waals surface area contributed by atoms with Crippen molar-refractivity contribution in [2.45, 2.75) is 31.8 Å². The van der Waals surface area contributed by atoms with E-state index >= 15 is 0 Å². The van der Waals surface area contributed by atoms with Gasteiger partial charge in [-0.15, -0.1) is 5.10 Å². The molecule has 1 aromatic heterocycles. The fourth-order valence-corrected chi connectivity index (χ4v) is 1.01. The lowest BCUT2D eigenvalue weighted by Gasteiger charge is -2.20. The molecule has 0 aliphatic rings. The van der Waals surface area contributed by atoms with Crippen molar-refractivity contribution in [2.24, 2.45) is 5.73 Å². The molecule has 0 amide bonds. The van der Waals surface area contributed by atoms with Gasteiger partial charge in [0.2, 0.25) is 0 Å². The molecule has 6 heteroatoms. The highest BCUT2D eigenvalue weighted by Crippen LogP contribution is 2.07. The standard InChI is InChI=1S/C7H15N5O/c1-7(8,5-13)3-2-4-12-6-9-10-11-12/h6,13H,2-5,8H2,1H3. The number of tetrazole rings is 1. The molecule has 0 aromatic carbocycles. The van der Waals surface area contributed by atoms with Gasteiger partial charge in [-0.2, -0.15) is 0 Å². The molecule has 0 saturated heterocycles. The average molecular weight is 185 g/mol. The maximum Gasteiger partial charge on any atom is 0.138 e. The van der Waals surface area contributed by atoms with E-state index in [0.717, 1.165) is 19.4 Å². The fourth-order valence-electron chi connectivity index (χ4n) is 1.01. The smallest absolute Gasteiger partial charge is 0.138 e. The highest BCUT2D eigenvalue weighted by Gasteiger charge is 2.15. The van der Waals surface area contributed by atoms with E-state index in [9.17, 15) is 0 Å². The third-order valence-corrected chi connectivity index (χ3v) is 1.89. The Morgan fingerprint density at radius 2 is 2.38 bits per heavy atom. The molecule has 6 nitrogen and oxygen atoms in total. The van der Waals surface area contributed by atoms with Crippen LogP contribution in [-0.4, -0.2) is 37.5 Å². The first-order valence-corrected chi connectivity index (χ1v) is 4.24. The predicted octanol–water partition coefficient (Wildman–Crippen LogP) is -0.837. The van der Waals surface area contributed by atoms with E-state index in [-0.39, 0.29) is 6.61 Å². The molecule has 0 aliphatic carbocycles. The number of rotatable bonds is 5. The van der Waals surface area contributed by atoms with Gasteiger partial charge in [0.1, 0.15) is 6.33 Å². The summed E-state index contributed by atoms with van der Waals surface area (Å²) in [5, 5.41) is 19.6. The number of aliphatic hydroxyl groups is 1. The largest absolute Gasteiger partial charge is 0.394 e. The molecule has 3 N–H and O–H groups in total. The summed E-state index contributed by atoms with van der Waals surface area (Å²) in [5.74, 6) is 0. The zero-order chi connectivity index (χ0) is 9.73. The van der Waals surface area contributed by atoms with Crippen LogP contribution < -0.4 is 5.73 Å². The number of hydrogen-bond donors (Lipinski definition) is 2. The van der Waals surface area contributed by atoms with Crippen LogP contribution in [0.1, 0.15) is 19.8 Å². The average Bonchev–Trinajstić information content (AvgIpc) is 2.57. The van der Waals surface area contributed by atoms with Crippen LogP contribution in [0.25, 0.3) is 0 Å². The van der Waals surface area contributed by atoms with Crippen molar-refractivity contribution in [1.82, 2.24) is 20.2 Å². The van der Waals surface area contributed by atoms with Crippen LogP contribution in [0.3, 0.4) is 0 Å². The zero-order valence-electron chi connectivity index (χ0n) is 7.72. The third-order valence-electron chi connectivity index (χ3n) is 1.89. The number of aryl methyl sites for hydroxylation is 1. The number of aliphatic hydroxyl groups excluding tert-OH is 1. The second-order valence-electron chi connectivity index (χ2n) is 3.49. The molecule has 1 aromatic rings. The minimum absolute atomic E-state index is 0.00259. The quantitative estimate of drug-likeness (QED) is 0.624. The minimum atomic E-state index is -0.492. The monoisotopic (exact) mass is 185 g/mol. The normalized spacial score (nSPS) is 15.6. The molecule has 0 aliphatic heterocycles. The first-order chi connectivity index (χ1) is 6.14. The molecule has 0 radical (unpaired) electrons. The van der Waals surface area contributed by atoms with Crippen LogP contribution in [0.15, 0.2) is 6.33 Å².